The van der Waals surface area contributed by atoms with Crippen molar-refractivity contribution in [1.29, 1.82) is 0 Å². The highest BCUT2D eigenvalue weighted by Crippen LogP contribution is 2.01. The van der Waals surface area contributed by atoms with Crippen molar-refractivity contribution in [3.05, 3.63) is 83.9 Å². The second kappa shape index (κ2) is 11.4. The van der Waals surface area contributed by atoms with Crippen LogP contribution in [0.1, 0.15) is 17.5 Å². The van der Waals surface area contributed by atoms with Crippen LogP contribution in [0.5, 0.6) is 0 Å². The maximum Gasteiger partial charge on any atom is 0.244 e. The summed E-state index contributed by atoms with van der Waals surface area (Å²) in [5, 5.41) is 15.2. The second-order valence-corrected chi connectivity index (χ2v) is 5.97. The quantitative estimate of drug-likeness (QED) is 0.598. The van der Waals surface area contributed by atoms with Gasteiger partial charge in [-0.1, -0.05) is 60.7 Å². The molecule has 2 aromatic carbocycles. The van der Waals surface area contributed by atoms with Gasteiger partial charge in [0, 0.05) is 25.2 Å². The first-order valence-corrected chi connectivity index (χ1v) is 8.83. The van der Waals surface area contributed by atoms with Crippen molar-refractivity contribution in [1.82, 2.24) is 10.6 Å². The molecule has 2 aromatic rings. The molecule has 1 atom stereocenters. The number of rotatable bonds is 9. The highest BCUT2D eigenvalue weighted by molar-refractivity contribution is 5.92. The van der Waals surface area contributed by atoms with E-state index in [1.807, 2.05) is 60.7 Å². The van der Waals surface area contributed by atoms with Crippen LogP contribution in [0.4, 0.5) is 0 Å². The summed E-state index contributed by atoms with van der Waals surface area (Å²) in [5.41, 5.74) is 1.87. The Morgan fingerprint density at radius 1 is 0.815 bits per heavy atom. The van der Waals surface area contributed by atoms with Gasteiger partial charge in [-0.3, -0.25) is 9.59 Å². The molecular weight excluding hydrogens is 340 g/mol. The van der Waals surface area contributed by atoms with Crippen molar-refractivity contribution >= 4 is 24.0 Å². The molecular formula is C22H24N2O3. The first-order chi connectivity index (χ1) is 13.1. The number of aliphatic hydroxyl groups is 1. The molecule has 0 fully saturated rings. The number of aliphatic hydroxyl groups excluding tert-OH is 1. The van der Waals surface area contributed by atoms with Crippen molar-refractivity contribution < 1.29 is 14.7 Å². The molecule has 27 heavy (non-hydrogen) atoms. The molecule has 0 aliphatic carbocycles. The van der Waals surface area contributed by atoms with Crippen LogP contribution in [0.3, 0.4) is 0 Å². The van der Waals surface area contributed by atoms with Gasteiger partial charge in [-0.25, -0.2) is 0 Å². The third-order valence-electron chi connectivity index (χ3n) is 3.74. The molecule has 0 aliphatic rings. The van der Waals surface area contributed by atoms with Gasteiger partial charge in [-0.05, 0) is 29.7 Å². The van der Waals surface area contributed by atoms with Crippen LogP contribution in [0.25, 0.3) is 12.2 Å². The Hall–Kier alpha value is -3.18. The van der Waals surface area contributed by atoms with E-state index in [0.717, 1.165) is 11.1 Å². The minimum Gasteiger partial charge on any atom is -0.391 e. The van der Waals surface area contributed by atoms with Crippen molar-refractivity contribution in [2.75, 3.05) is 13.1 Å². The lowest BCUT2D eigenvalue weighted by molar-refractivity contribution is -0.117. The first-order valence-electron chi connectivity index (χ1n) is 8.83. The van der Waals surface area contributed by atoms with Gasteiger partial charge in [0.05, 0.1) is 6.10 Å². The molecule has 2 amide bonds. The normalized spacial score (nSPS) is 12.2. The monoisotopic (exact) mass is 364 g/mol. The molecule has 5 heteroatoms. The van der Waals surface area contributed by atoms with E-state index < -0.39 is 6.10 Å². The minimum atomic E-state index is -0.725. The lowest BCUT2D eigenvalue weighted by atomic mass is 10.2. The third kappa shape index (κ3) is 8.65. The fraction of sp³-hybridized carbons (Fsp3) is 0.182. The second-order valence-electron chi connectivity index (χ2n) is 5.97. The van der Waals surface area contributed by atoms with Gasteiger partial charge in [0.25, 0.3) is 0 Å². The Kier molecular flexibility index (Phi) is 8.53. The average Bonchev–Trinajstić information content (AvgIpc) is 2.70. The number of carbonyl (C=O) groups is 2. The summed E-state index contributed by atoms with van der Waals surface area (Å²) in [6.45, 7) is 0.461. The summed E-state index contributed by atoms with van der Waals surface area (Å²) in [4.78, 5) is 23.5. The number of hydrogen-bond donors (Lipinski definition) is 3. The molecule has 0 aromatic heterocycles. The van der Waals surface area contributed by atoms with E-state index in [9.17, 15) is 14.7 Å². The van der Waals surface area contributed by atoms with E-state index in [-0.39, 0.29) is 18.4 Å². The molecule has 0 heterocycles. The Bertz CT molecular complexity index is 771. The number of amides is 2. The zero-order valence-corrected chi connectivity index (χ0v) is 15.0. The summed E-state index contributed by atoms with van der Waals surface area (Å²) in [6.07, 6.45) is 5.95. The molecule has 5 nitrogen and oxygen atoms in total. The van der Waals surface area contributed by atoms with Crippen molar-refractivity contribution in [2.24, 2.45) is 0 Å². The first kappa shape index (κ1) is 20.1. The molecule has 140 valence electrons. The predicted octanol–water partition coefficient (Wildman–Crippen LogP) is 2.40. The largest absolute Gasteiger partial charge is 0.391 e. The van der Waals surface area contributed by atoms with E-state index in [4.69, 9.17) is 0 Å². The number of nitrogens with one attached hydrogen (secondary N) is 2. The summed E-state index contributed by atoms with van der Waals surface area (Å²) in [5.74, 6) is -0.492. The third-order valence-corrected chi connectivity index (χ3v) is 3.74. The molecule has 0 radical (unpaired) electrons. The van der Waals surface area contributed by atoms with Gasteiger partial charge < -0.3 is 15.7 Å². The standard InChI is InChI=1S/C22H24N2O3/c25-20(17-24-22(27)14-12-19-9-5-2-6-10-19)15-16-23-21(26)13-11-18-7-3-1-4-8-18/h1-14,20,25H,15-17H2,(H,23,26)(H,24,27)/b13-11+,14-12+/t20-/m1/s1. The van der Waals surface area contributed by atoms with Crippen molar-refractivity contribution in [2.45, 2.75) is 12.5 Å². The zero-order chi connectivity index (χ0) is 19.3. The lowest BCUT2D eigenvalue weighted by Gasteiger charge is -2.11. The van der Waals surface area contributed by atoms with Crippen LogP contribution in [-0.4, -0.2) is 36.1 Å². The summed E-state index contributed by atoms with van der Waals surface area (Å²) < 4.78 is 0. The van der Waals surface area contributed by atoms with Crippen LogP contribution in [-0.2, 0) is 9.59 Å². The van der Waals surface area contributed by atoms with Crippen LogP contribution >= 0.6 is 0 Å². The van der Waals surface area contributed by atoms with E-state index in [2.05, 4.69) is 10.6 Å². The van der Waals surface area contributed by atoms with E-state index in [1.165, 1.54) is 12.2 Å². The Morgan fingerprint density at radius 2 is 1.30 bits per heavy atom. The topological polar surface area (TPSA) is 78.4 Å². The summed E-state index contributed by atoms with van der Waals surface area (Å²) >= 11 is 0. The fourth-order valence-corrected chi connectivity index (χ4v) is 2.27. The maximum atomic E-state index is 11.7. The predicted molar refractivity (Wildman–Crippen MR) is 108 cm³/mol. The number of hydrogen-bond acceptors (Lipinski definition) is 3. The maximum absolute atomic E-state index is 11.7. The molecule has 0 saturated heterocycles. The zero-order valence-electron chi connectivity index (χ0n) is 15.0. The van der Waals surface area contributed by atoms with Gasteiger partial charge in [-0.2, -0.15) is 0 Å². The van der Waals surface area contributed by atoms with E-state index >= 15 is 0 Å². The Balaban J connectivity index is 1.61. The average molecular weight is 364 g/mol. The highest BCUT2D eigenvalue weighted by atomic mass is 16.3. The molecule has 0 unspecified atom stereocenters. The fourth-order valence-electron chi connectivity index (χ4n) is 2.27. The van der Waals surface area contributed by atoms with Crippen LogP contribution in [0, 0.1) is 0 Å². The lowest BCUT2D eigenvalue weighted by Crippen LogP contribution is -2.33. The molecule has 0 saturated carbocycles. The van der Waals surface area contributed by atoms with Crippen LogP contribution in [0.15, 0.2) is 72.8 Å². The number of benzene rings is 2. The van der Waals surface area contributed by atoms with Crippen LogP contribution in [0.2, 0.25) is 0 Å². The van der Waals surface area contributed by atoms with Crippen LogP contribution < -0.4 is 10.6 Å². The van der Waals surface area contributed by atoms with Crippen molar-refractivity contribution in [3.8, 4) is 0 Å². The molecule has 2 rings (SSSR count). The van der Waals surface area contributed by atoms with Gasteiger partial charge in [0.15, 0.2) is 0 Å². The summed E-state index contributed by atoms with van der Waals surface area (Å²) in [7, 11) is 0. The minimum absolute atomic E-state index is 0.133. The molecule has 0 bridgehead atoms. The van der Waals surface area contributed by atoms with Gasteiger partial charge in [0.1, 0.15) is 0 Å². The SMILES string of the molecule is O=C(/C=C/c1ccccc1)NCC[C@@H](O)CNC(=O)/C=C/c1ccccc1. The van der Waals surface area contributed by atoms with Gasteiger partial charge in [0.2, 0.25) is 11.8 Å². The van der Waals surface area contributed by atoms with E-state index in [1.54, 1.807) is 12.2 Å². The molecule has 0 spiro atoms. The number of carbonyl (C=O) groups excluding carboxylic acids is 2. The molecule has 0 aliphatic heterocycles. The van der Waals surface area contributed by atoms with Gasteiger partial charge in [-0.15, -0.1) is 0 Å². The Morgan fingerprint density at radius 3 is 1.81 bits per heavy atom. The van der Waals surface area contributed by atoms with Gasteiger partial charge >= 0.3 is 0 Å². The molecule has 3 N–H and O–H groups in total. The highest BCUT2D eigenvalue weighted by Gasteiger charge is 2.06. The van der Waals surface area contributed by atoms with Crippen molar-refractivity contribution in [3.63, 3.8) is 0 Å². The summed E-state index contributed by atoms with van der Waals surface area (Å²) in [6, 6.07) is 19.0. The smallest absolute Gasteiger partial charge is 0.244 e. The van der Waals surface area contributed by atoms with E-state index in [0.29, 0.717) is 13.0 Å². The Labute approximate surface area is 159 Å².